The van der Waals surface area contributed by atoms with Crippen LogP contribution >= 0.6 is 0 Å². The minimum Gasteiger partial charge on any atom is -0.494 e. The number of methoxy groups -OCH3 is 3. The first-order valence-electron chi connectivity index (χ1n) is 9.61. The van der Waals surface area contributed by atoms with Crippen LogP contribution in [0.1, 0.15) is 30.5 Å². The third-order valence-electron chi connectivity index (χ3n) is 5.08. The van der Waals surface area contributed by atoms with E-state index in [0.717, 1.165) is 4.57 Å². The van der Waals surface area contributed by atoms with Gasteiger partial charge in [0.25, 0.3) is 5.56 Å². The third-order valence-corrected chi connectivity index (χ3v) is 5.08. The molecular weight excluding hydrogens is 420 g/mol. The van der Waals surface area contributed by atoms with Crippen LogP contribution in [0, 0.1) is 0 Å². The van der Waals surface area contributed by atoms with Crippen LogP contribution in [0.15, 0.2) is 39.5 Å². The highest BCUT2D eigenvalue weighted by atomic mass is 16.5. The van der Waals surface area contributed by atoms with Crippen molar-refractivity contribution in [2.45, 2.75) is 25.9 Å². The number of hydrazone groups is 1. The molecule has 0 spiro atoms. The molecule has 0 fully saturated rings. The number of hydrogen-bond acceptors (Lipinski definition) is 8. The number of aromatic amines is 1. The van der Waals surface area contributed by atoms with E-state index in [1.165, 1.54) is 39.3 Å². The largest absolute Gasteiger partial charge is 0.494 e. The van der Waals surface area contributed by atoms with Crippen LogP contribution in [0.25, 0.3) is 0 Å². The molecule has 0 aliphatic carbocycles. The molecule has 11 heteroatoms. The zero-order valence-electron chi connectivity index (χ0n) is 18.2. The molecule has 1 aliphatic heterocycles. The van der Waals surface area contributed by atoms with Crippen LogP contribution in [0.4, 0.5) is 0 Å². The SMILES string of the molecule is C=CCn1c(O)c(C2=NN(C(C)=O)[C@H](c3cc(OC)c(OC)c(OC)c3)C2)c(=O)[nH]c1=O. The topological polar surface area (TPSA) is 135 Å². The number of hydrogen-bond donors (Lipinski definition) is 2. The molecule has 0 radical (unpaired) electrons. The number of H-pyrrole nitrogens is 1. The fraction of sp³-hybridized carbons (Fsp3) is 0.333. The van der Waals surface area contributed by atoms with Gasteiger partial charge >= 0.3 is 5.69 Å². The van der Waals surface area contributed by atoms with Gasteiger partial charge in [-0.3, -0.25) is 19.1 Å². The van der Waals surface area contributed by atoms with Crippen LogP contribution in [0.5, 0.6) is 23.1 Å². The Morgan fingerprint density at radius 3 is 2.38 bits per heavy atom. The van der Waals surface area contributed by atoms with Crippen molar-refractivity contribution in [2.75, 3.05) is 21.3 Å². The van der Waals surface area contributed by atoms with Crippen LogP contribution in [-0.2, 0) is 11.3 Å². The number of ether oxygens (including phenoxy) is 3. The molecule has 1 aromatic carbocycles. The van der Waals surface area contributed by atoms with Crippen molar-refractivity contribution < 1.29 is 24.1 Å². The van der Waals surface area contributed by atoms with Gasteiger partial charge in [0.15, 0.2) is 11.5 Å². The molecule has 170 valence electrons. The summed E-state index contributed by atoms with van der Waals surface area (Å²) in [5, 5.41) is 16.1. The Balaban J connectivity index is 2.13. The van der Waals surface area contributed by atoms with Gasteiger partial charge in [-0.05, 0) is 17.7 Å². The summed E-state index contributed by atoms with van der Waals surface area (Å²) < 4.78 is 17.1. The van der Waals surface area contributed by atoms with E-state index in [2.05, 4.69) is 16.7 Å². The summed E-state index contributed by atoms with van der Waals surface area (Å²) in [4.78, 5) is 39.1. The number of aromatic hydroxyl groups is 1. The Labute approximate surface area is 183 Å². The second kappa shape index (κ2) is 9.00. The Morgan fingerprint density at radius 1 is 1.25 bits per heavy atom. The molecule has 1 amide bonds. The molecule has 0 saturated heterocycles. The lowest BCUT2D eigenvalue weighted by atomic mass is 9.98. The van der Waals surface area contributed by atoms with Crippen molar-refractivity contribution in [3.8, 4) is 23.1 Å². The smallest absolute Gasteiger partial charge is 0.331 e. The van der Waals surface area contributed by atoms with Gasteiger partial charge in [0, 0.05) is 19.9 Å². The molecule has 2 aromatic rings. The standard InChI is InChI=1S/C21H24N4O7/c1-6-7-24-20(28)17(19(27)22-21(24)29)13-10-14(25(23-13)11(2)26)12-8-15(30-3)18(32-5)16(9-12)31-4/h6,8-9,14,28H,1,7,10H2,2-5H3,(H,22,27,29)/t14-/m0/s1. The second-order valence-corrected chi connectivity index (χ2v) is 6.95. The van der Waals surface area contributed by atoms with E-state index in [1.807, 2.05) is 0 Å². The summed E-state index contributed by atoms with van der Waals surface area (Å²) in [5.41, 5.74) is -1.01. The van der Waals surface area contributed by atoms with Gasteiger partial charge in [0.05, 0.1) is 33.1 Å². The normalized spacial score (nSPS) is 15.3. The van der Waals surface area contributed by atoms with Gasteiger partial charge in [0.1, 0.15) is 5.56 Å². The molecule has 32 heavy (non-hydrogen) atoms. The number of nitrogens with zero attached hydrogens (tertiary/aromatic N) is 3. The predicted octanol–water partition coefficient (Wildman–Crippen LogP) is 1.15. The Bertz CT molecular complexity index is 1190. The van der Waals surface area contributed by atoms with E-state index in [4.69, 9.17) is 14.2 Å². The van der Waals surface area contributed by atoms with E-state index < -0.39 is 23.2 Å². The molecule has 0 bridgehead atoms. The average molecular weight is 444 g/mol. The highest BCUT2D eigenvalue weighted by Gasteiger charge is 2.35. The van der Waals surface area contributed by atoms with E-state index in [-0.39, 0.29) is 30.1 Å². The summed E-state index contributed by atoms with van der Waals surface area (Å²) >= 11 is 0. The lowest BCUT2D eigenvalue weighted by Gasteiger charge is -2.22. The summed E-state index contributed by atoms with van der Waals surface area (Å²) in [6, 6.07) is 2.75. The molecule has 1 aliphatic rings. The maximum absolute atomic E-state index is 12.5. The highest BCUT2D eigenvalue weighted by molar-refractivity contribution is 6.04. The summed E-state index contributed by atoms with van der Waals surface area (Å²) in [5.74, 6) is 0.233. The van der Waals surface area contributed by atoms with E-state index >= 15 is 0 Å². The summed E-state index contributed by atoms with van der Waals surface area (Å²) in [6.45, 7) is 4.86. The number of rotatable bonds is 7. The first-order valence-corrected chi connectivity index (χ1v) is 9.61. The van der Waals surface area contributed by atoms with Crippen LogP contribution in [0.3, 0.4) is 0 Å². The predicted molar refractivity (Wildman–Crippen MR) is 116 cm³/mol. The van der Waals surface area contributed by atoms with E-state index in [1.54, 1.807) is 12.1 Å². The van der Waals surface area contributed by atoms with Crippen molar-refractivity contribution in [1.82, 2.24) is 14.6 Å². The van der Waals surface area contributed by atoms with Gasteiger partial charge in [-0.1, -0.05) is 6.08 Å². The molecule has 1 atom stereocenters. The molecule has 2 heterocycles. The minimum absolute atomic E-state index is 0.0194. The number of allylic oxidation sites excluding steroid dienone is 1. The van der Waals surface area contributed by atoms with Gasteiger partial charge in [-0.15, -0.1) is 6.58 Å². The zero-order chi connectivity index (χ0) is 23.6. The quantitative estimate of drug-likeness (QED) is 0.612. The lowest BCUT2D eigenvalue weighted by Crippen LogP contribution is -2.33. The number of amides is 1. The van der Waals surface area contributed by atoms with E-state index in [9.17, 15) is 19.5 Å². The van der Waals surface area contributed by atoms with Crippen molar-refractivity contribution in [3.63, 3.8) is 0 Å². The second-order valence-electron chi connectivity index (χ2n) is 6.95. The molecule has 2 N–H and O–H groups in total. The number of carbonyl (C=O) groups excluding carboxylic acids is 1. The van der Waals surface area contributed by atoms with Crippen molar-refractivity contribution >= 4 is 11.6 Å². The van der Waals surface area contributed by atoms with Gasteiger partial charge in [-0.2, -0.15) is 5.10 Å². The van der Waals surface area contributed by atoms with Gasteiger partial charge < -0.3 is 19.3 Å². The molecule has 3 rings (SSSR count). The molecule has 11 nitrogen and oxygen atoms in total. The fourth-order valence-corrected chi connectivity index (χ4v) is 3.62. The number of carbonyl (C=O) groups is 1. The van der Waals surface area contributed by atoms with Crippen LogP contribution in [-0.4, -0.2) is 52.6 Å². The van der Waals surface area contributed by atoms with Crippen LogP contribution in [0.2, 0.25) is 0 Å². The van der Waals surface area contributed by atoms with Gasteiger partial charge in [0.2, 0.25) is 17.5 Å². The van der Waals surface area contributed by atoms with Crippen LogP contribution < -0.4 is 25.5 Å². The average Bonchev–Trinajstić information content (AvgIpc) is 3.20. The molecule has 0 saturated carbocycles. The Morgan fingerprint density at radius 2 is 1.88 bits per heavy atom. The number of benzene rings is 1. The number of nitrogens with one attached hydrogen (secondary N) is 1. The van der Waals surface area contributed by atoms with E-state index in [0.29, 0.717) is 22.8 Å². The highest BCUT2D eigenvalue weighted by Crippen LogP contribution is 2.43. The van der Waals surface area contributed by atoms with Crippen molar-refractivity contribution in [2.24, 2.45) is 5.10 Å². The maximum Gasteiger partial charge on any atom is 0.331 e. The Kier molecular flexibility index (Phi) is 6.37. The summed E-state index contributed by atoms with van der Waals surface area (Å²) in [7, 11) is 4.42. The zero-order valence-corrected chi connectivity index (χ0v) is 18.2. The molecule has 1 aromatic heterocycles. The van der Waals surface area contributed by atoms with Crippen molar-refractivity contribution in [1.29, 1.82) is 0 Å². The van der Waals surface area contributed by atoms with Gasteiger partial charge in [-0.25, -0.2) is 9.80 Å². The lowest BCUT2D eigenvalue weighted by molar-refractivity contribution is -0.130. The number of aromatic nitrogens is 2. The molecule has 0 unspecified atom stereocenters. The first kappa shape index (κ1) is 22.7. The Hall–Kier alpha value is -4.02. The maximum atomic E-state index is 12.5. The third kappa shape index (κ3) is 3.84. The summed E-state index contributed by atoms with van der Waals surface area (Å²) in [6.07, 6.45) is 1.50. The van der Waals surface area contributed by atoms with Crippen molar-refractivity contribution in [3.05, 3.63) is 56.8 Å². The monoisotopic (exact) mass is 444 g/mol. The first-order chi connectivity index (χ1) is 15.3. The molecular formula is C21H24N4O7. The fourth-order valence-electron chi connectivity index (χ4n) is 3.62. The minimum atomic E-state index is -0.805.